The predicted octanol–water partition coefficient (Wildman–Crippen LogP) is 6.85. The molecule has 1 N–H and O–H groups in total. The average Bonchev–Trinajstić information content (AvgIpc) is 2.97. The van der Waals surface area contributed by atoms with Crippen LogP contribution in [0, 0.1) is 17.0 Å². The van der Waals surface area contributed by atoms with Gasteiger partial charge in [-0.3, -0.25) is 19.2 Å². The molecule has 0 bridgehead atoms. The summed E-state index contributed by atoms with van der Waals surface area (Å²) in [6, 6.07) is 19.1. The summed E-state index contributed by atoms with van der Waals surface area (Å²) in [5, 5.41) is 14.6. The van der Waals surface area contributed by atoms with E-state index in [1.54, 1.807) is 30.3 Å². The summed E-state index contributed by atoms with van der Waals surface area (Å²) in [6.45, 7) is 0.705. The van der Waals surface area contributed by atoms with Crippen molar-refractivity contribution >= 4 is 56.2 Å². The molecular formula is C29H25Cl2N3O8S. The molecule has 0 fully saturated rings. The number of nitrogens with one attached hydrogen (secondary N) is 1. The minimum atomic E-state index is -4.58. The van der Waals surface area contributed by atoms with E-state index >= 15 is 0 Å². The van der Waals surface area contributed by atoms with Crippen molar-refractivity contribution in [3.8, 4) is 23.0 Å². The van der Waals surface area contributed by atoms with E-state index in [1.807, 2.05) is 0 Å². The van der Waals surface area contributed by atoms with E-state index in [2.05, 4.69) is 5.32 Å². The van der Waals surface area contributed by atoms with Gasteiger partial charge in [-0.2, -0.15) is 0 Å². The second kappa shape index (κ2) is 13.2. The van der Waals surface area contributed by atoms with Gasteiger partial charge in [-0.15, -0.1) is 0 Å². The number of amides is 1. The van der Waals surface area contributed by atoms with Crippen LogP contribution in [0.3, 0.4) is 0 Å². The van der Waals surface area contributed by atoms with Gasteiger partial charge in [-0.05, 0) is 61.5 Å². The molecule has 0 saturated carbocycles. The standard InChI is InChI=1S/C29H25Cl2N3O8S/c1-18-8-11-21(16-23(18)34(36)37)43(38,39)33(24-15-20(31)10-13-26(24)40-2)17-29(35)32-22-14-19(30)9-12-25(22)42-28-7-5-4-6-27(28)41-3/h4-16H,17H2,1-3H3,(H,32,35). The van der Waals surface area contributed by atoms with Gasteiger partial charge in [0.25, 0.3) is 15.7 Å². The monoisotopic (exact) mass is 645 g/mol. The van der Waals surface area contributed by atoms with Gasteiger partial charge in [0.2, 0.25) is 5.91 Å². The maximum Gasteiger partial charge on any atom is 0.273 e. The van der Waals surface area contributed by atoms with Crippen LogP contribution in [0.1, 0.15) is 5.56 Å². The number of methoxy groups -OCH3 is 2. The van der Waals surface area contributed by atoms with Crippen molar-refractivity contribution in [2.24, 2.45) is 0 Å². The smallest absolute Gasteiger partial charge is 0.273 e. The fraction of sp³-hybridized carbons (Fsp3) is 0.138. The number of hydrogen-bond donors (Lipinski definition) is 1. The Morgan fingerprint density at radius 1 is 0.884 bits per heavy atom. The summed E-state index contributed by atoms with van der Waals surface area (Å²) >= 11 is 12.4. The summed E-state index contributed by atoms with van der Waals surface area (Å²) in [5.74, 6) is 0.291. The Labute approximate surface area is 257 Å². The minimum Gasteiger partial charge on any atom is -0.495 e. The number of halogens is 2. The zero-order valence-corrected chi connectivity index (χ0v) is 25.4. The molecule has 4 rings (SSSR count). The van der Waals surface area contributed by atoms with E-state index in [1.165, 1.54) is 63.6 Å². The number of carbonyl (C=O) groups excluding carboxylic acids is 1. The largest absolute Gasteiger partial charge is 0.495 e. The van der Waals surface area contributed by atoms with Crippen LogP contribution in [0.2, 0.25) is 10.0 Å². The predicted molar refractivity (Wildman–Crippen MR) is 164 cm³/mol. The highest BCUT2D eigenvalue weighted by molar-refractivity contribution is 7.92. The zero-order valence-electron chi connectivity index (χ0n) is 23.0. The third-order valence-electron chi connectivity index (χ3n) is 6.17. The molecule has 43 heavy (non-hydrogen) atoms. The molecule has 11 nitrogen and oxygen atoms in total. The number of nitro groups is 1. The summed E-state index contributed by atoms with van der Waals surface area (Å²) in [4.78, 5) is 24.0. The summed E-state index contributed by atoms with van der Waals surface area (Å²) in [6.07, 6.45) is 0. The van der Waals surface area contributed by atoms with Gasteiger partial charge in [-0.1, -0.05) is 41.4 Å². The lowest BCUT2D eigenvalue weighted by Gasteiger charge is -2.26. The topological polar surface area (TPSA) is 137 Å². The van der Waals surface area contributed by atoms with Crippen LogP contribution in [0.15, 0.2) is 83.8 Å². The minimum absolute atomic E-state index is 0.0648. The summed E-state index contributed by atoms with van der Waals surface area (Å²) in [5.41, 5.74) is -0.0625. The van der Waals surface area contributed by atoms with E-state index in [-0.39, 0.29) is 38.5 Å². The van der Waals surface area contributed by atoms with E-state index in [4.69, 9.17) is 37.4 Å². The second-order valence-electron chi connectivity index (χ2n) is 8.97. The molecular weight excluding hydrogens is 621 g/mol. The fourth-order valence-corrected chi connectivity index (χ4v) is 5.84. The summed E-state index contributed by atoms with van der Waals surface area (Å²) < 4.78 is 45.4. The summed E-state index contributed by atoms with van der Waals surface area (Å²) in [7, 11) is -1.78. The number of hydrogen-bond acceptors (Lipinski definition) is 8. The van der Waals surface area contributed by atoms with E-state index in [0.717, 1.165) is 10.4 Å². The Bertz CT molecular complexity index is 1800. The maximum atomic E-state index is 14.0. The highest BCUT2D eigenvalue weighted by atomic mass is 35.5. The number of nitro benzene ring substituents is 1. The maximum absolute atomic E-state index is 14.0. The quantitative estimate of drug-likeness (QED) is 0.138. The Kier molecular flexibility index (Phi) is 9.64. The number of benzene rings is 4. The number of sulfonamides is 1. The average molecular weight is 647 g/mol. The van der Waals surface area contributed by atoms with Gasteiger partial charge < -0.3 is 19.5 Å². The Balaban J connectivity index is 1.75. The van der Waals surface area contributed by atoms with Crippen molar-refractivity contribution in [3.63, 3.8) is 0 Å². The van der Waals surface area contributed by atoms with Crippen molar-refractivity contribution in [2.45, 2.75) is 11.8 Å². The van der Waals surface area contributed by atoms with Crippen molar-refractivity contribution in [1.29, 1.82) is 0 Å². The number of aryl methyl sites for hydroxylation is 1. The van der Waals surface area contributed by atoms with Crippen LogP contribution in [-0.4, -0.2) is 40.0 Å². The SMILES string of the molecule is COc1ccccc1Oc1ccc(Cl)cc1NC(=O)CN(c1cc(Cl)ccc1OC)S(=O)(=O)c1ccc(C)c([N+](=O)[O-])c1. The first kappa shape index (κ1) is 31.4. The fourth-order valence-electron chi connectivity index (χ4n) is 4.06. The Morgan fingerprint density at radius 3 is 2.16 bits per heavy atom. The number of ether oxygens (including phenoxy) is 3. The molecule has 0 unspecified atom stereocenters. The van der Waals surface area contributed by atoms with Gasteiger partial charge in [0.1, 0.15) is 12.3 Å². The molecule has 0 heterocycles. The van der Waals surface area contributed by atoms with Gasteiger partial charge in [0, 0.05) is 21.7 Å². The molecule has 0 saturated heterocycles. The third-order valence-corrected chi connectivity index (χ3v) is 8.39. The number of carbonyl (C=O) groups is 1. The first-order valence-corrected chi connectivity index (χ1v) is 14.7. The third kappa shape index (κ3) is 7.11. The first-order chi connectivity index (χ1) is 20.4. The lowest BCUT2D eigenvalue weighted by atomic mass is 10.2. The Hall–Kier alpha value is -4.52. The van der Waals surface area contributed by atoms with Gasteiger partial charge >= 0.3 is 0 Å². The lowest BCUT2D eigenvalue weighted by Crippen LogP contribution is -2.38. The lowest BCUT2D eigenvalue weighted by molar-refractivity contribution is -0.385. The van der Waals surface area contributed by atoms with Crippen LogP contribution in [0.5, 0.6) is 23.0 Å². The molecule has 0 aromatic heterocycles. The molecule has 0 atom stereocenters. The highest BCUT2D eigenvalue weighted by Crippen LogP contribution is 2.38. The highest BCUT2D eigenvalue weighted by Gasteiger charge is 2.31. The molecule has 0 aliphatic carbocycles. The molecule has 4 aromatic rings. The van der Waals surface area contributed by atoms with Crippen molar-refractivity contribution < 1.29 is 32.3 Å². The molecule has 4 aromatic carbocycles. The van der Waals surface area contributed by atoms with Crippen molar-refractivity contribution in [1.82, 2.24) is 0 Å². The number of para-hydroxylation sites is 2. The number of rotatable bonds is 11. The van der Waals surface area contributed by atoms with E-state index in [9.17, 15) is 23.3 Å². The molecule has 224 valence electrons. The van der Waals surface area contributed by atoms with Crippen LogP contribution in [0.4, 0.5) is 17.1 Å². The second-order valence-corrected chi connectivity index (χ2v) is 11.7. The molecule has 0 spiro atoms. The van der Waals surface area contributed by atoms with Crippen LogP contribution < -0.4 is 23.8 Å². The number of nitrogens with zero attached hydrogens (tertiary/aromatic N) is 2. The van der Waals surface area contributed by atoms with Crippen LogP contribution >= 0.6 is 23.2 Å². The van der Waals surface area contributed by atoms with Crippen LogP contribution in [-0.2, 0) is 14.8 Å². The van der Waals surface area contributed by atoms with Crippen molar-refractivity contribution in [2.75, 3.05) is 30.4 Å². The molecule has 0 aliphatic rings. The van der Waals surface area contributed by atoms with Gasteiger partial charge in [0.05, 0.1) is 35.4 Å². The van der Waals surface area contributed by atoms with Crippen LogP contribution in [0.25, 0.3) is 0 Å². The van der Waals surface area contributed by atoms with Gasteiger partial charge in [-0.25, -0.2) is 8.42 Å². The molecule has 1 amide bonds. The zero-order chi connectivity index (χ0) is 31.3. The Morgan fingerprint density at radius 2 is 1.51 bits per heavy atom. The van der Waals surface area contributed by atoms with E-state index < -0.39 is 38.0 Å². The normalized spacial score (nSPS) is 11.0. The van der Waals surface area contributed by atoms with Crippen molar-refractivity contribution in [3.05, 3.63) is 105 Å². The van der Waals surface area contributed by atoms with E-state index in [0.29, 0.717) is 11.5 Å². The number of anilines is 2. The molecule has 14 heteroatoms. The van der Waals surface area contributed by atoms with Gasteiger partial charge in [0.15, 0.2) is 17.2 Å². The molecule has 0 radical (unpaired) electrons. The first-order valence-electron chi connectivity index (χ1n) is 12.5. The molecule has 0 aliphatic heterocycles.